The van der Waals surface area contributed by atoms with Crippen LogP contribution < -0.4 is 5.32 Å². The van der Waals surface area contributed by atoms with Gasteiger partial charge in [-0.2, -0.15) is 0 Å². The van der Waals surface area contributed by atoms with Crippen molar-refractivity contribution in [2.24, 2.45) is 0 Å². The second-order valence-electron chi connectivity index (χ2n) is 3.88. The largest absolute Gasteiger partial charge is 0.380 e. The van der Waals surface area contributed by atoms with Gasteiger partial charge in [-0.1, -0.05) is 12.1 Å². The summed E-state index contributed by atoms with van der Waals surface area (Å²) in [6.07, 6.45) is 2.67. The lowest BCUT2D eigenvalue weighted by molar-refractivity contribution is 0.743. The fourth-order valence-electron chi connectivity index (χ4n) is 2.00. The van der Waals surface area contributed by atoms with Crippen molar-refractivity contribution in [3.63, 3.8) is 0 Å². The highest BCUT2D eigenvalue weighted by molar-refractivity contribution is 5.62. The van der Waals surface area contributed by atoms with E-state index in [4.69, 9.17) is 0 Å². The molecular weight excluding hydrogens is 188 g/mol. The zero-order chi connectivity index (χ0) is 10.3. The molecule has 2 aromatic rings. The van der Waals surface area contributed by atoms with Crippen LogP contribution in [0.25, 0.3) is 5.69 Å². The lowest BCUT2D eigenvalue weighted by Gasteiger charge is -2.11. The van der Waals surface area contributed by atoms with Crippen molar-refractivity contribution in [1.29, 1.82) is 0 Å². The van der Waals surface area contributed by atoms with Gasteiger partial charge in [0, 0.05) is 12.5 Å². The van der Waals surface area contributed by atoms with Crippen molar-refractivity contribution >= 4 is 5.69 Å². The third kappa shape index (κ3) is 1.29. The topological polar surface area (TPSA) is 42.7 Å². The first-order valence-electron chi connectivity index (χ1n) is 5.09. The molecule has 3 rings (SSSR count). The van der Waals surface area contributed by atoms with Crippen LogP contribution in [0.5, 0.6) is 0 Å². The Bertz CT molecular complexity index is 489. The first kappa shape index (κ1) is 8.47. The van der Waals surface area contributed by atoms with E-state index in [0.717, 1.165) is 23.6 Å². The molecule has 1 aliphatic heterocycles. The minimum atomic E-state index is 0.386. The molecule has 0 radical (unpaired) electrons. The Labute approximate surface area is 88.0 Å². The third-order valence-electron chi connectivity index (χ3n) is 2.67. The Morgan fingerprint density at radius 1 is 1.40 bits per heavy atom. The Kier molecular flexibility index (Phi) is 1.74. The second kappa shape index (κ2) is 3.08. The molecule has 0 fully saturated rings. The molecule has 1 aromatic heterocycles. The number of benzene rings is 1. The Balaban J connectivity index is 2.25. The van der Waals surface area contributed by atoms with Crippen LogP contribution in [0.2, 0.25) is 0 Å². The molecule has 76 valence electrons. The maximum absolute atomic E-state index is 4.14. The summed E-state index contributed by atoms with van der Waals surface area (Å²) in [6.45, 7) is 2.15. The minimum absolute atomic E-state index is 0.386. The summed E-state index contributed by atoms with van der Waals surface area (Å²) in [5.41, 5.74) is 2.27. The zero-order valence-corrected chi connectivity index (χ0v) is 8.51. The van der Waals surface area contributed by atoms with Crippen LogP contribution in [-0.2, 0) is 6.42 Å². The molecule has 0 bridgehead atoms. The monoisotopic (exact) mass is 200 g/mol. The van der Waals surface area contributed by atoms with Crippen LogP contribution >= 0.6 is 0 Å². The average molecular weight is 200 g/mol. The lowest BCUT2D eigenvalue weighted by atomic mass is 10.2. The predicted molar refractivity (Wildman–Crippen MR) is 58.1 cm³/mol. The summed E-state index contributed by atoms with van der Waals surface area (Å²) >= 11 is 0. The van der Waals surface area contributed by atoms with Gasteiger partial charge in [0.1, 0.15) is 12.2 Å². The fourth-order valence-corrected chi connectivity index (χ4v) is 2.00. The molecule has 15 heavy (non-hydrogen) atoms. The molecule has 2 heterocycles. The second-order valence-corrected chi connectivity index (χ2v) is 3.88. The smallest absolute Gasteiger partial charge is 0.139 e. The summed E-state index contributed by atoms with van der Waals surface area (Å²) < 4.78 is 2.05. The van der Waals surface area contributed by atoms with E-state index in [0.29, 0.717) is 6.04 Å². The summed E-state index contributed by atoms with van der Waals surface area (Å²) in [4.78, 5) is 0. The van der Waals surface area contributed by atoms with E-state index in [9.17, 15) is 0 Å². The van der Waals surface area contributed by atoms with Gasteiger partial charge in [0.15, 0.2) is 0 Å². The van der Waals surface area contributed by atoms with E-state index in [1.54, 1.807) is 6.33 Å². The van der Waals surface area contributed by atoms with Gasteiger partial charge in [0.2, 0.25) is 0 Å². The van der Waals surface area contributed by atoms with Crippen molar-refractivity contribution in [2.45, 2.75) is 19.4 Å². The number of hydrogen-bond acceptors (Lipinski definition) is 3. The molecule has 1 atom stereocenters. The van der Waals surface area contributed by atoms with Crippen LogP contribution in [0.3, 0.4) is 0 Å². The van der Waals surface area contributed by atoms with Gasteiger partial charge in [-0.05, 0) is 19.1 Å². The van der Waals surface area contributed by atoms with Crippen LogP contribution in [0, 0.1) is 0 Å². The number of aromatic nitrogens is 3. The standard InChI is InChI=1S/C11H12N4/c1-8-6-11-14-12-7-15(11)10-5-3-2-4-9(10)13-8/h2-5,7-8,13H,6H2,1H3. The molecule has 0 saturated heterocycles. The number of nitrogens with one attached hydrogen (secondary N) is 1. The van der Waals surface area contributed by atoms with Crippen molar-refractivity contribution < 1.29 is 0 Å². The summed E-state index contributed by atoms with van der Waals surface area (Å²) in [7, 11) is 0. The molecule has 0 saturated carbocycles. The number of nitrogens with zero attached hydrogens (tertiary/aromatic N) is 3. The number of fused-ring (bicyclic) bond motifs is 3. The van der Waals surface area contributed by atoms with Crippen LogP contribution in [0.1, 0.15) is 12.7 Å². The van der Waals surface area contributed by atoms with Gasteiger partial charge < -0.3 is 5.32 Å². The maximum Gasteiger partial charge on any atom is 0.139 e. The normalized spacial score (nSPS) is 18.6. The van der Waals surface area contributed by atoms with Gasteiger partial charge in [0.05, 0.1) is 11.4 Å². The SMILES string of the molecule is CC1Cc2nncn2-c2ccccc2N1. The minimum Gasteiger partial charge on any atom is -0.380 e. The molecule has 1 aliphatic rings. The van der Waals surface area contributed by atoms with Crippen molar-refractivity contribution in [3.05, 3.63) is 36.4 Å². The predicted octanol–water partition coefficient (Wildman–Crippen LogP) is 1.62. The van der Waals surface area contributed by atoms with Crippen LogP contribution in [0.15, 0.2) is 30.6 Å². The zero-order valence-electron chi connectivity index (χ0n) is 8.51. The van der Waals surface area contributed by atoms with Gasteiger partial charge in [-0.3, -0.25) is 4.57 Å². The van der Waals surface area contributed by atoms with Crippen LogP contribution in [-0.4, -0.2) is 20.8 Å². The molecule has 1 aromatic carbocycles. The van der Waals surface area contributed by atoms with Crippen molar-refractivity contribution in [3.8, 4) is 5.69 Å². The molecule has 1 unspecified atom stereocenters. The number of anilines is 1. The highest BCUT2D eigenvalue weighted by atomic mass is 15.3. The van der Waals surface area contributed by atoms with Crippen LogP contribution in [0.4, 0.5) is 5.69 Å². The molecule has 0 amide bonds. The summed E-state index contributed by atoms with van der Waals surface area (Å²) in [5.74, 6) is 1.01. The average Bonchev–Trinajstić information content (AvgIpc) is 2.62. The van der Waals surface area contributed by atoms with Crippen molar-refractivity contribution in [1.82, 2.24) is 14.8 Å². The van der Waals surface area contributed by atoms with E-state index in [1.807, 2.05) is 16.7 Å². The molecule has 0 aliphatic carbocycles. The number of hydrogen-bond donors (Lipinski definition) is 1. The third-order valence-corrected chi connectivity index (χ3v) is 2.67. The highest BCUT2D eigenvalue weighted by Gasteiger charge is 2.17. The molecule has 0 spiro atoms. The lowest BCUT2D eigenvalue weighted by Crippen LogP contribution is -2.17. The number of rotatable bonds is 0. The number of para-hydroxylation sites is 2. The first-order valence-corrected chi connectivity index (χ1v) is 5.09. The first-order chi connectivity index (χ1) is 7.34. The van der Waals surface area contributed by atoms with Crippen molar-refractivity contribution in [2.75, 3.05) is 5.32 Å². The summed E-state index contributed by atoms with van der Waals surface area (Å²) in [6, 6.07) is 8.61. The summed E-state index contributed by atoms with van der Waals surface area (Å²) in [5, 5.41) is 11.6. The van der Waals surface area contributed by atoms with E-state index >= 15 is 0 Å². The van der Waals surface area contributed by atoms with E-state index in [-0.39, 0.29) is 0 Å². The Morgan fingerprint density at radius 3 is 3.20 bits per heavy atom. The molecule has 4 heteroatoms. The van der Waals surface area contributed by atoms with E-state index < -0.39 is 0 Å². The quantitative estimate of drug-likeness (QED) is 0.702. The Morgan fingerprint density at radius 2 is 2.27 bits per heavy atom. The molecular formula is C11H12N4. The van der Waals surface area contributed by atoms with Gasteiger partial charge >= 0.3 is 0 Å². The van der Waals surface area contributed by atoms with Gasteiger partial charge in [-0.15, -0.1) is 10.2 Å². The highest BCUT2D eigenvalue weighted by Crippen LogP contribution is 2.25. The fraction of sp³-hybridized carbons (Fsp3) is 0.273. The molecule has 1 N–H and O–H groups in total. The molecule has 4 nitrogen and oxygen atoms in total. The maximum atomic E-state index is 4.14. The Hall–Kier alpha value is -1.84. The van der Waals surface area contributed by atoms with E-state index in [2.05, 4.69) is 34.6 Å². The van der Waals surface area contributed by atoms with Gasteiger partial charge in [-0.25, -0.2) is 0 Å². The van der Waals surface area contributed by atoms with E-state index in [1.165, 1.54) is 0 Å². The van der Waals surface area contributed by atoms with Gasteiger partial charge in [0.25, 0.3) is 0 Å².